The number of ketones is 1. The predicted octanol–water partition coefficient (Wildman–Crippen LogP) is 3.57. The highest BCUT2D eigenvalue weighted by Gasteiger charge is 2.15. The molecule has 1 aromatic rings. The molecule has 25 heavy (non-hydrogen) atoms. The molecule has 0 fully saturated rings. The number of allylic oxidation sites excluding steroid dienone is 1. The van der Waals surface area contributed by atoms with E-state index in [9.17, 15) is 14.4 Å². The first-order chi connectivity index (χ1) is 12.0. The van der Waals surface area contributed by atoms with E-state index in [0.29, 0.717) is 17.8 Å². The molecule has 2 amide bonds. The highest BCUT2D eigenvalue weighted by Crippen LogP contribution is 2.20. The van der Waals surface area contributed by atoms with Crippen LogP contribution in [0.15, 0.2) is 35.9 Å². The standard InChI is InChI=1S/C20H26N2O3/c1-15(23)18-8-10-19(11-9-18)21-20(25)14-22(16(2)24)13-12-17-6-4-3-5-7-17/h6,8-11H,3-5,7,12-14H2,1-2H3,(H,21,25). The molecule has 1 aliphatic carbocycles. The van der Waals surface area contributed by atoms with E-state index in [1.807, 2.05) is 0 Å². The van der Waals surface area contributed by atoms with Gasteiger partial charge in [-0.1, -0.05) is 11.6 Å². The lowest BCUT2D eigenvalue weighted by molar-refractivity contribution is -0.132. The molecule has 0 aliphatic heterocycles. The zero-order valence-electron chi connectivity index (χ0n) is 15.0. The number of anilines is 1. The number of benzene rings is 1. The smallest absolute Gasteiger partial charge is 0.243 e. The third-order valence-corrected chi connectivity index (χ3v) is 4.44. The van der Waals surface area contributed by atoms with E-state index in [1.54, 1.807) is 29.2 Å². The van der Waals surface area contributed by atoms with Crippen LogP contribution in [0, 0.1) is 0 Å². The number of hydrogen-bond donors (Lipinski definition) is 1. The van der Waals surface area contributed by atoms with Crippen molar-refractivity contribution in [3.05, 3.63) is 41.5 Å². The normalized spacial score (nSPS) is 13.8. The summed E-state index contributed by atoms with van der Waals surface area (Å²) < 4.78 is 0. The molecule has 1 N–H and O–H groups in total. The molecule has 2 rings (SSSR count). The topological polar surface area (TPSA) is 66.5 Å². The van der Waals surface area contributed by atoms with Crippen LogP contribution in [0.25, 0.3) is 0 Å². The van der Waals surface area contributed by atoms with Gasteiger partial charge in [0.25, 0.3) is 0 Å². The minimum Gasteiger partial charge on any atom is -0.333 e. The van der Waals surface area contributed by atoms with Gasteiger partial charge in [-0.3, -0.25) is 14.4 Å². The van der Waals surface area contributed by atoms with E-state index in [-0.39, 0.29) is 24.1 Å². The molecule has 0 saturated carbocycles. The molecule has 5 nitrogen and oxygen atoms in total. The van der Waals surface area contributed by atoms with Crippen molar-refractivity contribution in [1.82, 2.24) is 4.90 Å². The largest absolute Gasteiger partial charge is 0.333 e. The molecule has 1 aliphatic rings. The van der Waals surface area contributed by atoms with E-state index in [2.05, 4.69) is 11.4 Å². The highest BCUT2D eigenvalue weighted by atomic mass is 16.2. The SMILES string of the molecule is CC(=O)c1ccc(NC(=O)CN(CCC2=CCCCC2)C(C)=O)cc1. The van der Waals surface area contributed by atoms with Crippen LogP contribution in [0.4, 0.5) is 5.69 Å². The van der Waals surface area contributed by atoms with Crippen molar-refractivity contribution in [3.63, 3.8) is 0 Å². The van der Waals surface area contributed by atoms with Gasteiger partial charge in [-0.05, 0) is 63.3 Å². The summed E-state index contributed by atoms with van der Waals surface area (Å²) in [5.41, 5.74) is 2.61. The van der Waals surface area contributed by atoms with Crippen molar-refractivity contribution in [3.8, 4) is 0 Å². The fraction of sp³-hybridized carbons (Fsp3) is 0.450. The monoisotopic (exact) mass is 342 g/mol. The summed E-state index contributed by atoms with van der Waals surface area (Å²) in [5.74, 6) is -0.348. The summed E-state index contributed by atoms with van der Waals surface area (Å²) in [4.78, 5) is 36.9. The lowest BCUT2D eigenvalue weighted by Gasteiger charge is -2.22. The Labute approximate surface area is 149 Å². The lowest BCUT2D eigenvalue weighted by atomic mass is 9.97. The molecule has 0 aromatic heterocycles. The van der Waals surface area contributed by atoms with Crippen LogP contribution in [0.5, 0.6) is 0 Å². The summed E-state index contributed by atoms with van der Waals surface area (Å²) in [5, 5.41) is 2.77. The first-order valence-electron chi connectivity index (χ1n) is 8.80. The molecule has 1 aromatic carbocycles. The van der Waals surface area contributed by atoms with Crippen LogP contribution in [0.1, 0.15) is 56.3 Å². The van der Waals surface area contributed by atoms with Gasteiger partial charge in [0, 0.05) is 24.7 Å². The van der Waals surface area contributed by atoms with Crippen molar-refractivity contribution in [2.45, 2.75) is 46.0 Å². The van der Waals surface area contributed by atoms with E-state index in [0.717, 1.165) is 19.3 Å². The second-order valence-corrected chi connectivity index (χ2v) is 6.48. The second kappa shape index (κ2) is 9.16. The van der Waals surface area contributed by atoms with E-state index in [4.69, 9.17) is 0 Å². The zero-order chi connectivity index (χ0) is 18.2. The van der Waals surface area contributed by atoms with Gasteiger partial charge >= 0.3 is 0 Å². The number of nitrogens with one attached hydrogen (secondary N) is 1. The van der Waals surface area contributed by atoms with E-state index < -0.39 is 0 Å². The third-order valence-electron chi connectivity index (χ3n) is 4.44. The zero-order valence-corrected chi connectivity index (χ0v) is 15.0. The molecule has 0 radical (unpaired) electrons. The molecule has 5 heteroatoms. The van der Waals surface area contributed by atoms with Gasteiger partial charge in [-0.25, -0.2) is 0 Å². The Morgan fingerprint density at radius 2 is 1.80 bits per heavy atom. The van der Waals surface area contributed by atoms with Crippen LogP contribution in [0.3, 0.4) is 0 Å². The summed E-state index contributed by atoms with van der Waals surface area (Å²) in [6, 6.07) is 6.74. The van der Waals surface area contributed by atoms with Gasteiger partial charge in [0.2, 0.25) is 11.8 Å². The Bertz CT molecular complexity index is 662. The van der Waals surface area contributed by atoms with E-state index in [1.165, 1.54) is 32.3 Å². The minimum absolute atomic E-state index is 0.0161. The van der Waals surface area contributed by atoms with Gasteiger partial charge in [0.15, 0.2) is 5.78 Å². The molecule has 0 heterocycles. The summed E-state index contributed by atoms with van der Waals surface area (Å²) >= 11 is 0. The van der Waals surface area contributed by atoms with Crippen LogP contribution >= 0.6 is 0 Å². The first-order valence-corrected chi connectivity index (χ1v) is 8.80. The van der Waals surface area contributed by atoms with Crippen molar-refractivity contribution < 1.29 is 14.4 Å². The number of amides is 2. The lowest BCUT2D eigenvalue weighted by Crippen LogP contribution is -2.37. The Kier molecular flexibility index (Phi) is 6.92. The van der Waals surface area contributed by atoms with Crippen molar-refractivity contribution in [2.24, 2.45) is 0 Å². The molecule has 134 valence electrons. The molecule has 0 atom stereocenters. The number of Topliss-reactive ketones (excluding diaryl/α,β-unsaturated/α-hetero) is 1. The fourth-order valence-corrected chi connectivity index (χ4v) is 2.92. The number of rotatable bonds is 7. The Balaban J connectivity index is 1.87. The van der Waals surface area contributed by atoms with Crippen molar-refractivity contribution in [2.75, 3.05) is 18.4 Å². The molecule has 0 saturated heterocycles. The van der Waals surface area contributed by atoms with Crippen LogP contribution in [0.2, 0.25) is 0 Å². The Morgan fingerprint density at radius 1 is 1.08 bits per heavy atom. The highest BCUT2D eigenvalue weighted by molar-refractivity contribution is 5.96. The number of nitrogens with zero attached hydrogens (tertiary/aromatic N) is 1. The van der Waals surface area contributed by atoms with Gasteiger partial charge < -0.3 is 10.2 Å². The first kappa shape index (κ1) is 18.9. The Hall–Kier alpha value is -2.43. The van der Waals surface area contributed by atoms with Crippen molar-refractivity contribution in [1.29, 1.82) is 0 Å². The summed E-state index contributed by atoms with van der Waals surface area (Å²) in [6.07, 6.45) is 7.76. The summed E-state index contributed by atoms with van der Waals surface area (Å²) in [7, 11) is 0. The molecule has 0 spiro atoms. The fourth-order valence-electron chi connectivity index (χ4n) is 2.92. The quantitative estimate of drug-likeness (QED) is 0.608. The summed E-state index contributed by atoms with van der Waals surface area (Å²) in [6.45, 7) is 3.60. The molecule has 0 unspecified atom stereocenters. The van der Waals surface area contributed by atoms with Crippen LogP contribution in [-0.2, 0) is 9.59 Å². The minimum atomic E-state index is -0.233. The van der Waals surface area contributed by atoms with Crippen LogP contribution in [-0.4, -0.2) is 35.6 Å². The van der Waals surface area contributed by atoms with Crippen LogP contribution < -0.4 is 5.32 Å². The average molecular weight is 342 g/mol. The predicted molar refractivity (Wildman–Crippen MR) is 98.5 cm³/mol. The van der Waals surface area contributed by atoms with Gasteiger partial charge in [0.05, 0.1) is 6.54 Å². The number of hydrogen-bond acceptors (Lipinski definition) is 3. The third kappa shape index (κ3) is 6.18. The number of carbonyl (C=O) groups is 3. The van der Waals surface area contributed by atoms with Gasteiger partial charge in [0.1, 0.15) is 0 Å². The average Bonchev–Trinajstić information content (AvgIpc) is 2.59. The van der Waals surface area contributed by atoms with Gasteiger partial charge in [-0.15, -0.1) is 0 Å². The maximum Gasteiger partial charge on any atom is 0.243 e. The molecular formula is C20H26N2O3. The van der Waals surface area contributed by atoms with Crippen molar-refractivity contribution >= 4 is 23.3 Å². The molecular weight excluding hydrogens is 316 g/mol. The number of carbonyl (C=O) groups excluding carboxylic acids is 3. The maximum atomic E-state index is 12.2. The molecule has 0 bridgehead atoms. The maximum absolute atomic E-state index is 12.2. The second-order valence-electron chi connectivity index (χ2n) is 6.48. The Morgan fingerprint density at radius 3 is 2.36 bits per heavy atom. The van der Waals surface area contributed by atoms with E-state index >= 15 is 0 Å². The van der Waals surface area contributed by atoms with Gasteiger partial charge in [-0.2, -0.15) is 0 Å².